The summed E-state index contributed by atoms with van der Waals surface area (Å²) in [4.78, 5) is 0. The van der Waals surface area contributed by atoms with E-state index < -0.39 is 0 Å². The van der Waals surface area contributed by atoms with Gasteiger partial charge in [-0.05, 0) is 12.3 Å². The molecule has 2 aliphatic rings. The van der Waals surface area contributed by atoms with E-state index in [1.54, 1.807) is 5.57 Å². The first-order chi connectivity index (χ1) is 5.29. The maximum atomic E-state index is 6.08. The number of rotatable bonds is 0. The van der Waals surface area contributed by atoms with E-state index in [1.807, 2.05) is 0 Å². The summed E-state index contributed by atoms with van der Waals surface area (Å²) in [5.74, 6) is 1.31. The van der Waals surface area contributed by atoms with Crippen molar-refractivity contribution in [3.63, 3.8) is 0 Å². The minimum atomic E-state index is 0.394. The average Bonchev–Trinajstić information content (AvgIpc) is 2.45. The number of fused-ring (bicyclic) bond motifs is 1. The van der Waals surface area contributed by atoms with Crippen LogP contribution in [0.2, 0.25) is 0 Å². The van der Waals surface area contributed by atoms with Crippen LogP contribution in [0.4, 0.5) is 0 Å². The fourth-order valence-electron chi connectivity index (χ4n) is 2.13. The molecule has 1 aliphatic heterocycles. The number of allylic oxidation sites excluding steroid dienone is 1. The predicted molar refractivity (Wildman–Crippen MR) is 46.2 cm³/mol. The molecule has 1 fully saturated rings. The third-order valence-electron chi connectivity index (χ3n) is 3.04. The van der Waals surface area contributed by atoms with Crippen molar-refractivity contribution >= 4 is 0 Å². The first kappa shape index (κ1) is 7.32. The number of nitrogens with one attached hydrogen (secondary N) is 1. The molecule has 2 nitrogen and oxygen atoms in total. The molecule has 1 saturated heterocycles. The van der Waals surface area contributed by atoms with Gasteiger partial charge in [0.25, 0.3) is 0 Å². The SMILES string of the molecule is CC1CC=C2CNCC2C1N. The van der Waals surface area contributed by atoms with Crippen LogP contribution in [0.1, 0.15) is 13.3 Å². The van der Waals surface area contributed by atoms with Crippen LogP contribution in [0.5, 0.6) is 0 Å². The first-order valence-corrected chi connectivity index (χ1v) is 4.44. The normalized spacial score (nSPS) is 43.5. The molecule has 0 spiro atoms. The predicted octanol–water partition coefficient (Wildman–Crippen LogP) is 0.499. The molecule has 0 saturated carbocycles. The molecule has 0 aromatic rings. The third-order valence-corrected chi connectivity index (χ3v) is 3.04. The van der Waals surface area contributed by atoms with E-state index in [-0.39, 0.29) is 0 Å². The van der Waals surface area contributed by atoms with Gasteiger partial charge in [0.15, 0.2) is 0 Å². The van der Waals surface area contributed by atoms with Gasteiger partial charge in [0, 0.05) is 25.0 Å². The summed E-state index contributed by atoms with van der Waals surface area (Å²) in [6, 6.07) is 0.394. The van der Waals surface area contributed by atoms with Gasteiger partial charge in [-0.1, -0.05) is 18.6 Å². The zero-order valence-corrected chi connectivity index (χ0v) is 7.01. The lowest BCUT2D eigenvalue weighted by Crippen LogP contribution is -2.39. The van der Waals surface area contributed by atoms with Gasteiger partial charge in [0.2, 0.25) is 0 Å². The Hall–Kier alpha value is -0.340. The molecule has 3 atom stereocenters. The Bertz CT molecular complexity index is 186. The Morgan fingerprint density at radius 1 is 1.64 bits per heavy atom. The Labute approximate surface area is 67.8 Å². The van der Waals surface area contributed by atoms with Crippen molar-refractivity contribution in [2.75, 3.05) is 13.1 Å². The van der Waals surface area contributed by atoms with Gasteiger partial charge in [-0.3, -0.25) is 0 Å². The van der Waals surface area contributed by atoms with Crippen LogP contribution in [0.15, 0.2) is 11.6 Å². The molecular weight excluding hydrogens is 136 g/mol. The van der Waals surface area contributed by atoms with Crippen LogP contribution in [0.3, 0.4) is 0 Å². The van der Waals surface area contributed by atoms with Gasteiger partial charge in [-0.15, -0.1) is 0 Å². The molecule has 0 amide bonds. The molecule has 0 radical (unpaired) electrons. The summed E-state index contributed by atoms with van der Waals surface area (Å²) in [5, 5.41) is 3.37. The summed E-state index contributed by atoms with van der Waals surface area (Å²) in [6.45, 7) is 4.42. The minimum absolute atomic E-state index is 0.394. The zero-order valence-electron chi connectivity index (χ0n) is 7.01. The van der Waals surface area contributed by atoms with Gasteiger partial charge in [0.05, 0.1) is 0 Å². The highest BCUT2D eigenvalue weighted by molar-refractivity contribution is 5.20. The molecule has 62 valence electrons. The molecule has 2 rings (SSSR count). The fraction of sp³-hybridized carbons (Fsp3) is 0.778. The largest absolute Gasteiger partial charge is 0.327 e. The molecule has 3 unspecified atom stereocenters. The molecule has 1 aliphatic carbocycles. The zero-order chi connectivity index (χ0) is 7.84. The topological polar surface area (TPSA) is 38.0 Å². The van der Waals surface area contributed by atoms with Crippen LogP contribution in [0, 0.1) is 11.8 Å². The quantitative estimate of drug-likeness (QED) is 0.496. The molecule has 3 N–H and O–H groups in total. The maximum Gasteiger partial charge on any atom is 0.0168 e. The second-order valence-electron chi connectivity index (χ2n) is 3.81. The highest BCUT2D eigenvalue weighted by atomic mass is 14.9. The third kappa shape index (κ3) is 1.10. The average molecular weight is 152 g/mol. The summed E-state index contributed by atoms with van der Waals surface area (Å²) >= 11 is 0. The molecule has 0 aromatic heterocycles. The highest BCUT2D eigenvalue weighted by Gasteiger charge is 2.32. The Morgan fingerprint density at radius 3 is 3.27 bits per heavy atom. The van der Waals surface area contributed by atoms with Gasteiger partial charge >= 0.3 is 0 Å². The van der Waals surface area contributed by atoms with E-state index in [9.17, 15) is 0 Å². The molecular formula is C9H16N2. The summed E-state index contributed by atoms with van der Waals surface area (Å²) in [5.41, 5.74) is 7.63. The summed E-state index contributed by atoms with van der Waals surface area (Å²) < 4.78 is 0. The van der Waals surface area contributed by atoms with Gasteiger partial charge in [0.1, 0.15) is 0 Å². The smallest absolute Gasteiger partial charge is 0.0168 e. The van der Waals surface area contributed by atoms with Crippen molar-refractivity contribution in [2.45, 2.75) is 19.4 Å². The maximum absolute atomic E-state index is 6.08. The Morgan fingerprint density at radius 2 is 2.45 bits per heavy atom. The van der Waals surface area contributed by atoms with Crippen LogP contribution in [-0.2, 0) is 0 Å². The molecule has 1 heterocycles. The van der Waals surface area contributed by atoms with Crippen molar-refractivity contribution in [3.05, 3.63) is 11.6 Å². The van der Waals surface area contributed by atoms with E-state index in [1.165, 1.54) is 6.42 Å². The highest BCUT2D eigenvalue weighted by Crippen LogP contribution is 2.29. The molecule has 11 heavy (non-hydrogen) atoms. The van der Waals surface area contributed by atoms with Gasteiger partial charge in [-0.2, -0.15) is 0 Å². The van der Waals surface area contributed by atoms with Gasteiger partial charge in [-0.25, -0.2) is 0 Å². The molecule has 0 aromatic carbocycles. The van der Waals surface area contributed by atoms with Crippen LogP contribution >= 0.6 is 0 Å². The number of hydrogen-bond acceptors (Lipinski definition) is 2. The summed E-state index contributed by atoms with van der Waals surface area (Å²) in [6.07, 6.45) is 3.55. The standard InChI is InChI=1S/C9H16N2/c1-6-2-3-7-4-11-5-8(7)9(6)10/h3,6,8-9,11H,2,4-5,10H2,1H3. The van der Waals surface area contributed by atoms with Gasteiger partial charge < -0.3 is 11.1 Å². The van der Waals surface area contributed by atoms with E-state index in [2.05, 4.69) is 18.3 Å². The number of nitrogens with two attached hydrogens (primary N) is 1. The second-order valence-corrected chi connectivity index (χ2v) is 3.81. The first-order valence-electron chi connectivity index (χ1n) is 4.44. The Balaban J connectivity index is 2.20. The van der Waals surface area contributed by atoms with E-state index in [4.69, 9.17) is 5.73 Å². The van der Waals surface area contributed by atoms with Crippen LogP contribution in [-0.4, -0.2) is 19.1 Å². The number of hydrogen-bond donors (Lipinski definition) is 2. The lowest BCUT2D eigenvalue weighted by Gasteiger charge is -2.29. The van der Waals surface area contributed by atoms with Crippen molar-refractivity contribution in [1.29, 1.82) is 0 Å². The van der Waals surface area contributed by atoms with Crippen molar-refractivity contribution in [2.24, 2.45) is 17.6 Å². The van der Waals surface area contributed by atoms with E-state index in [0.717, 1.165) is 13.1 Å². The van der Waals surface area contributed by atoms with E-state index in [0.29, 0.717) is 17.9 Å². The van der Waals surface area contributed by atoms with Crippen LogP contribution < -0.4 is 11.1 Å². The monoisotopic (exact) mass is 152 g/mol. The Kier molecular flexibility index (Phi) is 1.74. The van der Waals surface area contributed by atoms with Crippen LogP contribution in [0.25, 0.3) is 0 Å². The molecule has 2 heteroatoms. The molecule has 0 bridgehead atoms. The van der Waals surface area contributed by atoms with Crippen molar-refractivity contribution in [3.8, 4) is 0 Å². The lowest BCUT2D eigenvalue weighted by molar-refractivity contribution is 0.358. The van der Waals surface area contributed by atoms with Crippen molar-refractivity contribution in [1.82, 2.24) is 5.32 Å². The second kappa shape index (κ2) is 2.61. The van der Waals surface area contributed by atoms with E-state index >= 15 is 0 Å². The minimum Gasteiger partial charge on any atom is -0.327 e. The van der Waals surface area contributed by atoms with Crippen molar-refractivity contribution < 1.29 is 0 Å². The fourth-order valence-corrected chi connectivity index (χ4v) is 2.13. The lowest BCUT2D eigenvalue weighted by atomic mass is 9.80. The summed E-state index contributed by atoms with van der Waals surface area (Å²) in [7, 11) is 0.